The Balaban J connectivity index is 2.86. The molecule has 0 amide bonds. The second kappa shape index (κ2) is 7.74. The highest BCUT2D eigenvalue weighted by Gasteiger charge is 1.76. The number of unbranched alkanes of at least 4 members (excludes halogenated alkanes) is 3. The standard InChI is InChI=1S/C9H18/c1-3-5-7-9-8-6-4-2/h7,9H,3-6,8H2,1-2H3/b9-7+. The van der Waals surface area contributed by atoms with Crippen molar-refractivity contribution < 1.29 is 0 Å². The maximum atomic E-state index is 2.30. The summed E-state index contributed by atoms with van der Waals surface area (Å²) in [6, 6.07) is 0. The molecule has 0 fully saturated rings. The third kappa shape index (κ3) is 7.74. The predicted molar refractivity (Wildman–Crippen MR) is 43.6 cm³/mol. The lowest BCUT2D eigenvalue weighted by Gasteiger charge is -1.87. The summed E-state index contributed by atoms with van der Waals surface area (Å²) in [5.41, 5.74) is 0. The molecular weight excluding hydrogens is 108 g/mol. The quantitative estimate of drug-likeness (QED) is 0.390. The first-order chi connectivity index (χ1) is 4.41. The Morgan fingerprint density at radius 3 is 2.11 bits per heavy atom. The van der Waals surface area contributed by atoms with E-state index in [0.29, 0.717) is 0 Å². The van der Waals surface area contributed by atoms with Crippen LogP contribution in [0.5, 0.6) is 0 Å². The van der Waals surface area contributed by atoms with E-state index < -0.39 is 0 Å². The molecule has 54 valence electrons. The van der Waals surface area contributed by atoms with Gasteiger partial charge in [0.25, 0.3) is 0 Å². The smallest absolute Gasteiger partial charge is 0.0351 e. The van der Waals surface area contributed by atoms with Gasteiger partial charge in [0.05, 0.1) is 0 Å². The summed E-state index contributed by atoms with van der Waals surface area (Å²) >= 11 is 0. The van der Waals surface area contributed by atoms with Crippen molar-refractivity contribution in [2.75, 3.05) is 0 Å². The van der Waals surface area contributed by atoms with E-state index in [2.05, 4.69) is 26.0 Å². The SMILES string of the molecule is CCC/C=C/CCCC. The van der Waals surface area contributed by atoms with Crippen LogP contribution in [-0.2, 0) is 0 Å². The Labute approximate surface area is 59.0 Å². The van der Waals surface area contributed by atoms with Gasteiger partial charge in [-0.25, -0.2) is 0 Å². The van der Waals surface area contributed by atoms with Gasteiger partial charge < -0.3 is 0 Å². The minimum absolute atomic E-state index is 1.25. The van der Waals surface area contributed by atoms with Gasteiger partial charge in [0.15, 0.2) is 0 Å². The van der Waals surface area contributed by atoms with Crippen LogP contribution in [0.4, 0.5) is 0 Å². The van der Waals surface area contributed by atoms with Crippen molar-refractivity contribution in [1.82, 2.24) is 0 Å². The lowest BCUT2D eigenvalue weighted by molar-refractivity contribution is 0.810. The van der Waals surface area contributed by atoms with E-state index in [1.54, 1.807) is 0 Å². The van der Waals surface area contributed by atoms with E-state index >= 15 is 0 Å². The van der Waals surface area contributed by atoms with Crippen LogP contribution >= 0.6 is 0 Å². The molecule has 0 aliphatic carbocycles. The van der Waals surface area contributed by atoms with E-state index in [1.807, 2.05) is 0 Å². The van der Waals surface area contributed by atoms with Gasteiger partial charge in [-0.1, -0.05) is 45.3 Å². The van der Waals surface area contributed by atoms with E-state index in [9.17, 15) is 0 Å². The fourth-order valence-corrected chi connectivity index (χ4v) is 0.724. The van der Waals surface area contributed by atoms with Crippen molar-refractivity contribution in [2.45, 2.75) is 46.0 Å². The molecule has 0 saturated heterocycles. The average molecular weight is 126 g/mol. The summed E-state index contributed by atoms with van der Waals surface area (Å²) in [5, 5.41) is 0. The minimum Gasteiger partial charge on any atom is -0.0885 e. The summed E-state index contributed by atoms with van der Waals surface area (Å²) < 4.78 is 0. The molecule has 0 aromatic carbocycles. The van der Waals surface area contributed by atoms with E-state index in [4.69, 9.17) is 0 Å². The molecule has 0 heterocycles. The Hall–Kier alpha value is -0.260. The zero-order valence-corrected chi connectivity index (χ0v) is 6.69. The van der Waals surface area contributed by atoms with Crippen LogP contribution in [0.15, 0.2) is 12.2 Å². The Morgan fingerprint density at radius 1 is 0.889 bits per heavy atom. The molecule has 0 N–H and O–H groups in total. The predicted octanol–water partition coefficient (Wildman–Crippen LogP) is 3.53. The zero-order chi connectivity index (χ0) is 6.95. The van der Waals surface area contributed by atoms with Crippen LogP contribution in [0.3, 0.4) is 0 Å². The highest BCUT2D eigenvalue weighted by molar-refractivity contribution is 4.80. The maximum Gasteiger partial charge on any atom is -0.0351 e. The Kier molecular flexibility index (Phi) is 7.52. The zero-order valence-electron chi connectivity index (χ0n) is 6.69. The average Bonchev–Trinajstić information content (AvgIpc) is 1.89. The van der Waals surface area contributed by atoms with E-state index in [0.717, 1.165) is 0 Å². The van der Waals surface area contributed by atoms with Crippen molar-refractivity contribution in [3.8, 4) is 0 Å². The number of allylic oxidation sites excluding steroid dienone is 2. The van der Waals surface area contributed by atoms with Gasteiger partial charge in [-0.15, -0.1) is 0 Å². The number of hydrogen-bond acceptors (Lipinski definition) is 0. The summed E-state index contributed by atoms with van der Waals surface area (Å²) in [7, 11) is 0. The van der Waals surface area contributed by atoms with Crippen molar-refractivity contribution in [1.29, 1.82) is 0 Å². The molecule has 0 aliphatic heterocycles. The molecule has 0 saturated carbocycles. The van der Waals surface area contributed by atoms with Gasteiger partial charge in [-0.05, 0) is 12.8 Å². The van der Waals surface area contributed by atoms with E-state index in [1.165, 1.54) is 32.1 Å². The normalized spacial score (nSPS) is 10.9. The van der Waals surface area contributed by atoms with Crippen LogP contribution in [0.2, 0.25) is 0 Å². The fourth-order valence-electron chi connectivity index (χ4n) is 0.724. The first-order valence-electron chi connectivity index (χ1n) is 4.06. The summed E-state index contributed by atoms with van der Waals surface area (Å²) in [4.78, 5) is 0. The van der Waals surface area contributed by atoms with Crippen LogP contribution in [-0.4, -0.2) is 0 Å². The third-order valence-corrected chi connectivity index (χ3v) is 1.35. The molecular formula is C9H18. The van der Waals surface area contributed by atoms with Crippen LogP contribution in [0.1, 0.15) is 46.0 Å². The second-order valence-electron chi connectivity index (χ2n) is 2.40. The maximum absolute atomic E-state index is 2.30. The molecule has 9 heavy (non-hydrogen) atoms. The van der Waals surface area contributed by atoms with E-state index in [-0.39, 0.29) is 0 Å². The molecule has 0 atom stereocenters. The monoisotopic (exact) mass is 126 g/mol. The molecule has 0 nitrogen and oxygen atoms in total. The van der Waals surface area contributed by atoms with Crippen molar-refractivity contribution in [3.05, 3.63) is 12.2 Å². The summed E-state index contributed by atoms with van der Waals surface area (Å²) in [6.45, 7) is 4.44. The molecule has 0 spiro atoms. The topological polar surface area (TPSA) is 0 Å². The molecule has 0 unspecified atom stereocenters. The molecule has 0 bridgehead atoms. The number of hydrogen-bond donors (Lipinski definition) is 0. The molecule has 0 aromatic rings. The van der Waals surface area contributed by atoms with Gasteiger partial charge in [0, 0.05) is 0 Å². The van der Waals surface area contributed by atoms with Crippen LogP contribution in [0, 0.1) is 0 Å². The molecule has 0 heteroatoms. The van der Waals surface area contributed by atoms with Gasteiger partial charge in [0.2, 0.25) is 0 Å². The highest BCUT2D eigenvalue weighted by Crippen LogP contribution is 1.96. The summed E-state index contributed by atoms with van der Waals surface area (Å²) in [6.07, 6.45) is 11.1. The molecule has 0 aromatic heterocycles. The fraction of sp³-hybridized carbons (Fsp3) is 0.778. The molecule has 0 rings (SSSR count). The largest absolute Gasteiger partial charge is 0.0885 e. The molecule has 0 aliphatic rings. The van der Waals surface area contributed by atoms with Crippen LogP contribution in [0.25, 0.3) is 0 Å². The van der Waals surface area contributed by atoms with Gasteiger partial charge in [0.1, 0.15) is 0 Å². The highest BCUT2D eigenvalue weighted by atomic mass is 13.8. The van der Waals surface area contributed by atoms with Crippen molar-refractivity contribution in [3.63, 3.8) is 0 Å². The lowest BCUT2D eigenvalue weighted by atomic mass is 10.2. The van der Waals surface area contributed by atoms with Crippen LogP contribution < -0.4 is 0 Å². The first-order valence-corrected chi connectivity index (χ1v) is 4.06. The summed E-state index contributed by atoms with van der Waals surface area (Å²) in [5.74, 6) is 0. The third-order valence-electron chi connectivity index (χ3n) is 1.35. The molecule has 0 radical (unpaired) electrons. The van der Waals surface area contributed by atoms with Gasteiger partial charge in [-0.3, -0.25) is 0 Å². The number of rotatable bonds is 5. The van der Waals surface area contributed by atoms with Gasteiger partial charge in [-0.2, -0.15) is 0 Å². The Bertz CT molecular complexity index is 62.4. The first kappa shape index (κ1) is 8.74. The minimum atomic E-state index is 1.25. The van der Waals surface area contributed by atoms with Crippen molar-refractivity contribution in [2.24, 2.45) is 0 Å². The lowest BCUT2D eigenvalue weighted by Crippen LogP contribution is -1.66. The Morgan fingerprint density at radius 2 is 1.56 bits per heavy atom. The second-order valence-corrected chi connectivity index (χ2v) is 2.40. The van der Waals surface area contributed by atoms with Gasteiger partial charge >= 0.3 is 0 Å². The van der Waals surface area contributed by atoms with Crippen molar-refractivity contribution >= 4 is 0 Å².